The quantitative estimate of drug-likeness (QED) is 0.749. The van der Waals surface area contributed by atoms with E-state index in [9.17, 15) is 27.1 Å². The SMILES string of the molecule is OCC1(Nc2ncc(C(F)(F)F)cc2OC(F)F)CCCc2ccccc21. The van der Waals surface area contributed by atoms with E-state index < -0.39 is 29.6 Å². The Morgan fingerprint density at radius 2 is 2.00 bits per heavy atom. The Morgan fingerprint density at radius 1 is 1.26 bits per heavy atom. The Morgan fingerprint density at radius 3 is 2.67 bits per heavy atom. The minimum absolute atomic E-state index is 0.283. The monoisotopic (exact) mass is 388 g/mol. The number of aliphatic hydroxyl groups is 1. The van der Waals surface area contributed by atoms with Gasteiger partial charge in [0.05, 0.1) is 17.7 Å². The number of aryl methyl sites for hydroxylation is 1. The molecule has 1 aliphatic carbocycles. The highest BCUT2D eigenvalue weighted by Crippen LogP contribution is 2.41. The minimum Gasteiger partial charge on any atom is -0.431 e. The second kappa shape index (κ2) is 7.30. The molecule has 0 saturated carbocycles. The fourth-order valence-corrected chi connectivity index (χ4v) is 3.36. The van der Waals surface area contributed by atoms with Gasteiger partial charge in [-0.3, -0.25) is 0 Å². The van der Waals surface area contributed by atoms with Gasteiger partial charge in [0.25, 0.3) is 0 Å². The van der Waals surface area contributed by atoms with Crippen molar-refractivity contribution in [2.75, 3.05) is 11.9 Å². The van der Waals surface area contributed by atoms with Gasteiger partial charge in [-0.1, -0.05) is 24.3 Å². The maximum absolute atomic E-state index is 12.9. The van der Waals surface area contributed by atoms with Gasteiger partial charge in [0.15, 0.2) is 11.6 Å². The Hall–Kier alpha value is -2.42. The second-order valence-corrected chi connectivity index (χ2v) is 6.32. The minimum atomic E-state index is -4.75. The van der Waals surface area contributed by atoms with Crippen LogP contribution in [-0.2, 0) is 18.1 Å². The normalized spacial score (nSPS) is 19.7. The number of aliphatic hydroxyl groups excluding tert-OH is 1. The number of nitrogens with one attached hydrogen (secondary N) is 1. The molecule has 1 aliphatic rings. The lowest BCUT2D eigenvalue weighted by Gasteiger charge is -2.39. The molecule has 1 aromatic heterocycles. The Labute approximate surface area is 152 Å². The first-order valence-corrected chi connectivity index (χ1v) is 8.25. The molecule has 3 rings (SSSR count). The molecule has 4 nitrogen and oxygen atoms in total. The van der Waals surface area contributed by atoms with Gasteiger partial charge in [-0.25, -0.2) is 4.98 Å². The van der Waals surface area contributed by atoms with Gasteiger partial charge >= 0.3 is 12.8 Å². The average molecular weight is 388 g/mol. The summed E-state index contributed by atoms with van der Waals surface area (Å²) >= 11 is 0. The number of aromatic nitrogens is 1. The summed E-state index contributed by atoms with van der Waals surface area (Å²) in [6.45, 7) is -3.71. The van der Waals surface area contributed by atoms with Gasteiger partial charge in [0.1, 0.15) is 0 Å². The van der Waals surface area contributed by atoms with Crippen LogP contribution >= 0.6 is 0 Å². The number of hydrogen-bond donors (Lipinski definition) is 2. The molecule has 146 valence electrons. The van der Waals surface area contributed by atoms with Crippen LogP contribution in [0.15, 0.2) is 36.5 Å². The maximum Gasteiger partial charge on any atom is 0.418 e. The molecule has 1 unspecified atom stereocenters. The molecule has 0 aliphatic heterocycles. The first kappa shape index (κ1) is 19.3. The third kappa shape index (κ3) is 3.97. The third-order valence-electron chi connectivity index (χ3n) is 4.61. The maximum atomic E-state index is 12.9. The van der Waals surface area contributed by atoms with Crippen LogP contribution in [-0.4, -0.2) is 23.3 Å². The van der Waals surface area contributed by atoms with Crippen LogP contribution in [0.25, 0.3) is 0 Å². The highest BCUT2D eigenvalue weighted by atomic mass is 19.4. The first-order chi connectivity index (χ1) is 12.7. The molecule has 0 fully saturated rings. The number of nitrogens with zero attached hydrogens (tertiary/aromatic N) is 1. The lowest BCUT2D eigenvalue weighted by molar-refractivity contribution is -0.138. The number of hydrogen-bond acceptors (Lipinski definition) is 4. The molecule has 0 radical (unpaired) electrons. The van der Waals surface area contributed by atoms with E-state index in [4.69, 9.17) is 0 Å². The first-order valence-electron chi connectivity index (χ1n) is 8.25. The summed E-state index contributed by atoms with van der Waals surface area (Å²) in [5.41, 5.74) is -0.537. The molecule has 1 heterocycles. The van der Waals surface area contributed by atoms with Crippen molar-refractivity contribution >= 4 is 5.82 Å². The smallest absolute Gasteiger partial charge is 0.418 e. The van der Waals surface area contributed by atoms with E-state index in [0.29, 0.717) is 25.1 Å². The van der Waals surface area contributed by atoms with Crippen molar-refractivity contribution in [3.8, 4) is 5.75 Å². The van der Waals surface area contributed by atoms with Crippen LogP contribution < -0.4 is 10.1 Å². The van der Waals surface area contributed by atoms with Crippen molar-refractivity contribution in [3.63, 3.8) is 0 Å². The zero-order valence-electron chi connectivity index (χ0n) is 14.1. The molecule has 0 saturated heterocycles. The van der Waals surface area contributed by atoms with Crippen LogP contribution in [0.2, 0.25) is 0 Å². The Balaban J connectivity index is 2.03. The number of halogens is 5. The molecule has 27 heavy (non-hydrogen) atoms. The van der Waals surface area contributed by atoms with Gasteiger partial charge < -0.3 is 15.2 Å². The van der Waals surface area contributed by atoms with Crippen LogP contribution in [0.5, 0.6) is 5.75 Å². The second-order valence-electron chi connectivity index (χ2n) is 6.32. The van der Waals surface area contributed by atoms with E-state index in [1.54, 1.807) is 12.1 Å². The number of pyridine rings is 1. The van der Waals surface area contributed by atoms with Gasteiger partial charge in [0.2, 0.25) is 0 Å². The number of rotatable bonds is 5. The number of alkyl halides is 5. The summed E-state index contributed by atoms with van der Waals surface area (Å²) in [4.78, 5) is 3.66. The van der Waals surface area contributed by atoms with Gasteiger partial charge in [-0.15, -0.1) is 0 Å². The highest BCUT2D eigenvalue weighted by Gasteiger charge is 2.38. The molecule has 1 atom stereocenters. The van der Waals surface area contributed by atoms with Crippen molar-refractivity contribution in [2.45, 2.75) is 37.6 Å². The van der Waals surface area contributed by atoms with E-state index in [0.717, 1.165) is 17.5 Å². The van der Waals surface area contributed by atoms with E-state index in [1.165, 1.54) is 0 Å². The van der Waals surface area contributed by atoms with E-state index >= 15 is 0 Å². The largest absolute Gasteiger partial charge is 0.431 e. The standard InChI is InChI=1S/C18H17F5N2O2/c19-16(20)27-14-8-12(18(21,22)23)9-24-15(14)25-17(10-26)7-3-5-11-4-1-2-6-13(11)17/h1-2,4,6,8-9,16,26H,3,5,7,10H2,(H,24,25). The highest BCUT2D eigenvalue weighted by molar-refractivity contribution is 5.56. The summed E-state index contributed by atoms with van der Waals surface area (Å²) < 4.78 is 68.4. The number of anilines is 1. The lowest BCUT2D eigenvalue weighted by atomic mass is 9.77. The van der Waals surface area contributed by atoms with Crippen LogP contribution in [0, 0.1) is 0 Å². The molecular formula is C18H17F5N2O2. The van der Waals surface area contributed by atoms with Crippen molar-refractivity contribution in [3.05, 3.63) is 53.2 Å². The molecular weight excluding hydrogens is 371 g/mol. The zero-order chi connectivity index (χ0) is 19.7. The number of benzene rings is 1. The molecule has 2 aromatic rings. The fourth-order valence-electron chi connectivity index (χ4n) is 3.36. The summed E-state index contributed by atoms with van der Waals surface area (Å²) in [6, 6.07) is 7.76. The summed E-state index contributed by atoms with van der Waals surface area (Å²) in [7, 11) is 0. The van der Waals surface area contributed by atoms with E-state index in [1.807, 2.05) is 12.1 Å². The van der Waals surface area contributed by atoms with Crippen molar-refractivity contribution in [1.82, 2.24) is 4.98 Å². The Kier molecular flexibility index (Phi) is 5.23. The summed E-state index contributed by atoms with van der Waals surface area (Å²) in [6.07, 6.45) is -2.27. The molecule has 0 amide bonds. The van der Waals surface area contributed by atoms with E-state index in [2.05, 4.69) is 15.0 Å². The molecule has 0 bridgehead atoms. The Bertz CT molecular complexity index is 813. The summed E-state index contributed by atoms with van der Waals surface area (Å²) in [5, 5.41) is 12.9. The van der Waals surface area contributed by atoms with Crippen LogP contribution in [0.1, 0.15) is 29.5 Å². The zero-order valence-corrected chi connectivity index (χ0v) is 14.1. The van der Waals surface area contributed by atoms with E-state index in [-0.39, 0.29) is 12.4 Å². The molecule has 0 spiro atoms. The van der Waals surface area contributed by atoms with Crippen molar-refractivity contribution in [2.24, 2.45) is 0 Å². The van der Waals surface area contributed by atoms with Gasteiger partial charge in [0, 0.05) is 6.20 Å². The van der Waals surface area contributed by atoms with Crippen molar-refractivity contribution < 1.29 is 31.8 Å². The van der Waals surface area contributed by atoms with Crippen molar-refractivity contribution in [1.29, 1.82) is 0 Å². The predicted octanol–water partition coefficient (Wildman–Crippen LogP) is 4.34. The summed E-state index contributed by atoms with van der Waals surface area (Å²) in [5.74, 6) is -1.01. The van der Waals surface area contributed by atoms with Gasteiger partial charge in [-0.2, -0.15) is 22.0 Å². The van der Waals surface area contributed by atoms with Crippen LogP contribution in [0.3, 0.4) is 0 Å². The van der Waals surface area contributed by atoms with Crippen LogP contribution in [0.4, 0.5) is 27.8 Å². The average Bonchev–Trinajstić information content (AvgIpc) is 2.62. The third-order valence-corrected chi connectivity index (χ3v) is 4.61. The fraction of sp³-hybridized carbons (Fsp3) is 0.389. The molecule has 9 heteroatoms. The topological polar surface area (TPSA) is 54.4 Å². The number of fused-ring (bicyclic) bond motifs is 1. The predicted molar refractivity (Wildman–Crippen MR) is 87.6 cm³/mol. The number of ether oxygens (including phenoxy) is 1. The lowest BCUT2D eigenvalue weighted by Crippen LogP contribution is -2.42. The molecule has 2 N–H and O–H groups in total. The molecule has 1 aromatic carbocycles. The van der Waals surface area contributed by atoms with Gasteiger partial charge in [-0.05, 0) is 36.5 Å².